The predicted octanol–water partition coefficient (Wildman–Crippen LogP) is 4.74. The fraction of sp³-hybridized carbons (Fsp3) is 0.655. The van der Waals surface area contributed by atoms with Crippen LogP contribution in [-0.4, -0.2) is 59.1 Å². The van der Waals surface area contributed by atoms with Crippen LogP contribution in [0.2, 0.25) is 0 Å². The molecule has 3 amide bonds. The zero-order valence-corrected chi connectivity index (χ0v) is 22.9. The van der Waals surface area contributed by atoms with E-state index < -0.39 is 6.04 Å². The maximum Gasteiger partial charge on any atom is 0.342 e. The SMILES string of the molecule is CCOC(=O)CCCCCCC1C(=O)N(Cc2ccccc2)C(=O)N1NCCC1CCCCC1OC(C)=O. The first-order valence-corrected chi connectivity index (χ1v) is 14.2. The van der Waals surface area contributed by atoms with Gasteiger partial charge in [0.05, 0.1) is 13.2 Å². The first-order valence-electron chi connectivity index (χ1n) is 14.2. The van der Waals surface area contributed by atoms with Crippen LogP contribution in [0.1, 0.15) is 90.0 Å². The molecule has 210 valence electrons. The number of nitrogens with one attached hydrogen (secondary N) is 1. The van der Waals surface area contributed by atoms with Crippen molar-refractivity contribution < 1.29 is 28.7 Å². The Morgan fingerprint density at radius 3 is 2.47 bits per heavy atom. The third kappa shape index (κ3) is 8.82. The molecule has 1 saturated heterocycles. The lowest BCUT2D eigenvalue weighted by Crippen LogP contribution is -2.47. The highest BCUT2D eigenvalue weighted by atomic mass is 16.5. The quantitative estimate of drug-likeness (QED) is 0.199. The summed E-state index contributed by atoms with van der Waals surface area (Å²) >= 11 is 0. The Labute approximate surface area is 226 Å². The van der Waals surface area contributed by atoms with Crippen LogP contribution in [0.15, 0.2) is 30.3 Å². The fourth-order valence-corrected chi connectivity index (χ4v) is 5.43. The minimum Gasteiger partial charge on any atom is -0.466 e. The number of rotatable bonds is 15. The third-order valence-corrected chi connectivity index (χ3v) is 7.35. The molecule has 3 atom stereocenters. The first-order chi connectivity index (χ1) is 18.4. The first kappa shape index (κ1) is 29.6. The highest BCUT2D eigenvalue weighted by Gasteiger charge is 2.44. The lowest BCUT2D eigenvalue weighted by atomic mass is 9.84. The van der Waals surface area contributed by atoms with Gasteiger partial charge in [-0.3, -0.25) is 19.3 Å². The van der Waals surface area contributed by atoms with E-state index in [2.05, 4.69) is 5.43 Å². The number of carbonyl (C=O) groups is 4. The van der Waals surface area contributed by atoms with Gasteiger partial charge in [0.1, 0.15) is 12.1 Å². The van der Waals surface area contributed by atoms with Crippen molar-refractivity contribution in [1.82, 2.24) is 15.3 Å². The molecule has 0 radical (unpaired) electrons. The van der Waals surface area contributed by atoms with Crippen molar-refractivity contribution in [3.05, 3.63) is 35.9 Å². The molecular weight excluding hydrogens is 486 g/mol. The normalized spacial score (nSPS) is 21.6. The minimum absolute atomic E-state index is 0.0843. The molecule has 2 aliphatic rings. The Balaban J connectivity index is 1.56. The molecule has 38 heavy (non-hydrogen) atoms. The number of carbonyl (C=O) groups excluding carboxylic acids is 4. The van der Waals surface area contributed by atoms with Crippen molar-refractivity contribution in [2.45, 2.75) is 103 Å². The van der Waals surface area contributed by atoms with Crippen molar-refractivity contribution in [2.24, 2.45) is 5.92 Å². The van der Waals surface area contributed by atoms with Gasteiger partial charge in [-0.15, -0.1) is 0 Å². The number of amides is 3. The summed E-state index contributed by atoms with van der Waals surface area (Å²) in [4.78, 5) is 51.1. The summed E-state index contributed by atoms with van der Waals surface area (Å²) in [5, 5.41) is 1.51. The van der Waals surface area contributed by atoms with E-state index in [-0.39, 0.29) is 42.4 Å². The van der Waals surface area contributed by atoms with Crippen LogP contribution in [0.3, 0.4) is 0 Å². The largest absolute Gasteiger partial charge is 0.466 e. The lowest BCUT2D eigenvalue weighted by Gasteiger charge is -2.31. The molecule has 3 rings (SSSR count). The molecule has 1 heterocycles. The summed E-state index contributed by atoms with van der Waals surface area (Å²) in [5.74, 6) is -0.376. The van der Waals surface area contributed by atoms with Gasteiger partial charge in [0.15, 0.2) is 0 Å². The molecule has 3 unspecified atom stereocenters. The number of ether oxygens (including phenoxy) is 2. The topological polar surface area (TPSA) is 105 Å². The van der Waals surface area contributed by atoms with E-state index in [9.17, 15) is 19.2 Å². The van der Waals surface area contributed by atoms with Gasteiger partial charge in [-0.25, -0.2) is 15.2 Å². The number of hydrogen-bond acceptors (Lipinski definition) is 7. The van der Waals surface area contributed by atoms with Crippen LogP contribution < -0.4 is 5.43 Å². The monoisotopic (exact) mass is 529 g/mol. The Bertz CT molecular complexity index is 924. The van der Waals surface area contributed by atoms with E-state index in [1.807, 2.05) is 30.3 Å². The Kier molecular flexibility index (Phi) is 12.1. The summed E-state index contributed by atoms with van der Waals surface area (Å²) in [7, 11) is 0. The average Bonchev–Trinajstić information content (AvgIpc) is 3.11. The van der Waals surface area contributed by atoms with Gasteiger partial charge < -0.3 is 9.47 Å². The Morgan fingerprint density at radius 2 is 1.74 bits per heavy atom. The molecule has 1 aliphatic heterocycles. The summed E-state index contributed by atoms with van der Waals surface area (Å²) in [6, 6.07) is 8.63. The summed E-state index contributed by atoms with van der Waals surface area (Å²) in [6.45, 7) is 4.40. The van der Waals surface area contributed by atoms with Crippen LogP contribution >= 0.6 is 0 Å². The van der Waals surface area contributed by atoms with Crippen molar-refractivity contribution in [3.8, 4) is 0 Å². The number of unbranched alkanes of at least 4 members (excludes halogenated alkanes) is 3. The second-order valence-electron chi connectivity index (χ2n) is 10.2. The second kappa shape index (κ2) is 15.5. The van der Waals surface area contributed by atoms with Crippen LogP contribution in [0.25, 0.3) is 0 Å². The Morgan fingerprint density at radius 1 is 1.00 bits per heavy atom. The third-order valence-electron chi connectivity index (χ3n) is 7.35. The number of urea groups is 1. The molecule has 1 aromatic rings. The van der Waals surface area contributed by atoms with Crippen LogP contribution in [0.4, 0.5) is 4.79 Å². The minimum atomic E-state index is -0.563. The van der Waals surface area contributed by atoms with Crippen molar-refractivity contribution in [3.63, 3.8) is 0 Å². The van der Waals surface area contributed by atoms with Crippen LogP contribution in [0.5, 0.6) is 0 Å². The molecule has 1 aliphatic carbocycles. The van der Waals surface area contributed by atoms with Gasteiger partial charge in [-0.1, -0.05) is 56.0 Å². The molecular formula is C29H43N3O6. The molecule has 1 N–H and O–H groups in total. The molecule has 0 aromatic heterocycles. The molecule has 0 spiro atoms. The zero-order valence-electron chi connectivity index (χ0n) is 22.9. The average molecular weight is 530 g/mol. The number of hydrogen-bond donors (Lipinski definition) is 1. The second-order valence-corrected chi connectivity index (χ2v) is 10.2. The van der Waals surface area contributed by atoms with Crippen LogP contribution in [-0.2, 0) is 30.4 Å². The maximum atomic E-state index is 13.4. The van der Waals surface area contributed by atoms with Gasteiger partial charge in [-0.05, 0) is 56.9 Å². The molecule has 1 saturated carbocycles. The van der Waals surface area contributed by atoms with Crippen molar-refractivity contribution in [1.29, 1.82) is 0 Å². The van der Waals surface area contributed by atoms with Crippen molar-refractivity contribution in [2.75, 3.05) is 13.2 Å². The maximum absolute atomic E-state index is 13.4. The summed E-state index contributed by atoms with van der Waals surface area (Å²) in [6.07, 6.45) is 8.93. The summed E-state index contributed by atoms with van der Waals surface area (Å²) < 4.78 is 10.5. The molecule has 0 bridgehead atoms. The fourth-order valence-electron chi connectivity index (χ4n) is 5.43. The highest BCUT2D eigenvalue weighted by Crippen LogP contribution is 2.30. The molecule has 1 aromatic carbocycles. The number of imide groups is 1. The Hall–Kier alpha value is -2.94. The number of nitrogens with zero attached hydrogens (tertiary/aromatic N) is 2. The van der Waals surface area contributed by atoms with E-state index in [0.29, 0.717) is 26.0 Å². The van der Waals surface area contributed by atoms with E-state index in [0.717, 1.165) is 63.4 Å². The number of esters is 2. The van der Waals surface area contributed by atoms with Crippen LogP contribution in [0, 0.1) is 5.92 Å². The van der Waals surface area contributed by atoms with E-state index in [1.54, 1.807) is 6.92 Å². The molecule has 9 heteroatoms. The van der Waals surface area contributed by atoms with Gasteiger partial charge >= 0.3 is 18.0 Å². The molecule has 9 nitrogen and oxygen atoms in total. The highest BCUT2D eigenvalue weighted by molar-refractivity contribution is 6.03. The lowest BCUT2D eigenvalue weighted by molar-refractivity contribution is -0.151. The van der Waals surface area contributed by atoms with E-state index in [4.69, 9.17) is 9.47 Å². The summed E-state index contributed by atoms with van der Waals surface area (Å²) in [5.41, 5.74) is 4.15. The van der Waals surface area contributed by atoms with Gasteiger partial charge in [0, 0.05) is 19.9 Å². The molecule has 2 fully saturated rings. The number of hydrazine groups is 1. The van der Waals surface area contributed by atoms with Gasteiger partial charge in [-0.2, -0.15) is 0 Å². The van der Waals surface area contributed by atoms with Gasteiger partial charge in [0.25, 0.3) is 5.91 Å². The van der Waals surface area contributed by atoms with Gasteiger partial charge in [0.2, 0.25) is 0 Å². The smallest absolute Gasteiger partial charge is 0.342 e. The van der Waals surface area contributed by atoms with Crippen molar-refractivity contribution >= 4 is 23.9 Å². The standard InChI is InChI=1S/C29H43N3O6/c1-3-37-27(34)18-10-5-4-9-16-25-28(35)31(21-23-13-7-6-8-14-23)29(36)32(25)30-20-19-24-15-11-12-17-26(24)38-22(2)33/h6-8,13-14,24-26,30H,3-5,9-12,15-21H2,1-2H3. The number of benzene rings is 1. The van der Waals surface area contributed by atoms with E-state index >= 15 is 0 Å². The predicted molar refractivity (Wildman–Crippen MR) is 142 cm³/mol. The zero-order chi connectivity index (χ0) is 27.3. The van der Waals surface area contributed by atoms with E-state index in [1.165, 1.54) is 16.8 Å².